The molecule has 1 atom stereocenters. The van der Waals surface area contributed by atoms with Crippen molar-refractivity contribution in [3.8, 4) is 0 Å². The summed E-state index contributed by atoms with van der Waals surface area (Å²) in [7, 11) is 0. The van der Waals surface area contributed by atoms with Gasteiger partial charge in [0.05, 0.1) is 6.61 Å². The van der Waals surface area contributed by atoms with Gasteiger partial charge in [-0.15, -0.1) is 11.3 Å². The highest BCUT2D eigenvalue weighted by molar-refractivity contribution is 7.09. The molecule has 0 saturated carbocycles. The van der Waals surface area contributed by atoms with Crippen molar-refractivity contribution in [2.75, 3.05) is 19.7 Å². The van der Waals surface area contributed by atoms with Crippen LogP contribution in [0.15, 0.2) is 17.5 Å². The third-order valence-electron chi connectivity index (χ3n) is 3.55. The van der Waals surface area contributed by atoms with E-state index in [2.05, 4.69) is 4.98 Å². The minimum Gasteiger partial charge on any atom is -0.368 e. The van der Waals surface area contributed by atoms with Gasteiger partial charge < -0.3 is 4.74 Å². The zero-order valence-electron chi connectivity index (χ0n) is 12.0. The molecule has 0 radical (unpaired) electrons. The fourth-order valence-electron chi connectivity index (χ4n) is 2.44. The molecule has 0 N–H and O–H groups in total. The molecule has 1 fully saturated rings. The first-order chi connectivity index (χ1) is 10.5. The first-order valence-corrected chi connectivity index (χ1v) is 7.80. The van der Waals surface area contributed by atoms with Crippen LogP contribution in [0.4, 0.5) is 13.2 Å². The number of ether oxygens (including phenoxy) is 1. The number of benzene rings is 1. The summed E-state index contributed by atoms with van der Waals surface area (Å²) in [6.07, 6.45) is -0.166. The number of nitrogens with zero attached hydrogens (tertiary/aromatic N) is 2. The van der Waals surface area contributed by atoms with E-state index in [1.807, 2.05) is 17.2 Å². The molecule has 1 aromatic heterocycles. The van der Waals surface area contributed by atoms with Gasteiger partial charge in [-0.2, -0.15) is 0 Å². The van der Waals surface area contributed by atoms with E-state index in [1.165, 1.54) is 11.3 Å². The number of hydrogen-bond donors (Lipinski definition) is 0. The number of morpholine rings is 1. The van der Waals surface area contributed by atoms with Crippen molar-refractivity contribution in [3.05, 3.63) is 51.2 Å². The van der Waals surface area contributed by atoms with E-state index in [-0.39, 0.29) is 18.2 Å². The Kier molecular flexibility index (Phi) is 4.46. The average molecular weight is 328 g/mol. The van der Waals surface area contributed by atoms with Gasteiger partial charge in [0.25, 0.3) is 0 Å². The Morgan fingerprint density at radius 3 is 2.77 bits per heavy atom. The van der Waals surface area contributed by atoms with Crippen LogP contribution < -0.4 is 0 Å². The molecular weight excluding hydrogens is 313 g/mol. The van der Waals surface area contributed by atoms with Crippen molar-refractivity contribution in [1.29, 1.82) is 0 Å². The van der Waals surface area contributed by atoms with Crippen molar-refractivity contribution < 1.29 is 17.9 Å². The minimum absolute atomic E-state index is 0.148. The van der Waals surface area contributed by atoms with Crippen LogP contribution in [-0.2, 0) is 11.3 Å². The van der Waals surface area contributed by atoms with Crippen LogP contribution >= 0.6 is 11.3 Å². The summed E-state index contributed by atoms with van der Waals surface area (Å²) in [5.74, 6) is -2.93. The predicted octanol–water partition coefficient (Wildman–Crippen LogP) is 3.44. The zero-order valence-corrected chi connectivity index (χ0v) is 12.8. The summed E-state index contributed by atoms with van der Waals surface area (Å²) in [5, 5.41) is 2.83. The van der Waals surface area contributed by atoms with Crippen LogP contribution in [0.2, 0.25) is 0 Å². The van der Waals surface area contributed by atoms with E-state index in [4.69, 9.17) is 4.74 Å². The third-order valence-corrected chi connectivity index (χ3v) is 4.60. The topological polar surface area (TPSA) is 25.4 Å². The quantitative estimate of drug-likeness (QED) is 0.807. The average Bonchev–Trinajstić information content (AvgIpc) is 2.92. The van der Waals surface area contributed by atoms with Crippen LogP contribution in [0.3, 0.4) is 0 Å². The van der Waals surface area contributed by atoms with Crippen molar-refractivity contribution in [2.45, 2.75) is 19.6 Å². The van der Waals surface area contributed by atoms with Crippen LogP contribution in [0, 0.1) is 24.4 Å². The van der Waals surface area contributed by atoms with Crippen LogP contribution in [0.5, 0.6) is 0 Å². The molecule has 3 nitrogen and oxygen atoms in total. The molecule has 2 aromatic rings. The maximum Gasteiger partial charge on any atom is 0.161 e. The van der Waals surface area contributed by atoms with E-state index >= 15 is 0 Å². The minimum atomic E-state index is -1.17. The Morgan fingerprint density at radius 1 is 1.27 bits per heavy atom. The Balaban J connectivity index is 1.71. The molecule has 1 aromatic carbocycles. The lowest BCUT2D eigenvalue weighted by Gasteiger charge is -2.32. The second kappa shape index (κ2) is 6.36. The molecule has 1 aliphatic rings. The van der Waals surface area contributed by atoms with Crippen molar-refractivity contribution in [3.63, 3.8) is 0 Å². The first kappa shape index (κ1) is 15.5. The molecule has 0 unspecified atom stereocenters. The van der Waals surface area contributed by atoms with E-state index < -0.39 is 17.5 Å². The number of aryl methyl sites for hydroxylation is 1. The fraction of sp³-hybridized carbons (Fsp3) is 0.400. The molecule has 1 aliphatic heterocycles. The van der Waals surface area contributed by atoms with Crippen LogP contribution in [-0.4, -0.2) is 29.6 Å². The maximum atomic E-state index is 13.7. The van der Waals surface area contributed by atoms with Crippen LogP contribution in [0.1, 0.15) is 22.4 Å². The molecule has 0 bridgehead atoms. The zero-order chi connectivity index (χ0) is 15.7. The molecule has 7 heteroatoms. The summed E-state index contributed by atoms with van der Waals surface area (Å²) < 4.78 is 45.7. The number of thiazole rings is 1. The number of rotatable bonds is 3. The molecule has 0 amide bonds. The molecule has 1 saturated heterocycles. The van der Waals surface area contributed by atoms with E-state index in [0.717, 1.165) is 16.8 Å². The molecule has 0 aliphatic carbocycles. The highest BCUT2D eigenvalue weighted by Crippen LogP contribution is 2.26. The molecular formula is C15H15F3N2OS. The van der Waals surface area contributed by atoms with E-state index in [1.54, 1.807) is 0 Å². The molecule has 118 valence electrons. The third kappa shape index (κ3) is 3.31. The maximum absolute atomic E-state index is 13.7. The Labute approximate surface area is 130 Å². The number of halogens is 3. The second-order valence-corrected chi connectivity index (χ2v) is 6.17. The summed E-state index contributed by atoms with van der Waals surface area (Å²) in [4.78, 5) is 6.36. The molecule has 2 heterocycles. The van der Waals surface area contributed by atoms with Gasteiger partial charge in [-0.1, -0.05) is 0 Å². The van der Waals surface area contributed by atoms with Gasteiger partial charge in [0.2, 0.25) is 0 Å². The summed E-state index contributed by atoms with van der Waals surface area (Å²) >= 11 is 1.53. The lowest BCUT2D eigenvalue weighted by atomic mass is 10.1. The molecule has 0 spiro atoms. The lowest BCUT2D eigenvalue weighted by molar-refractivity contribution is -0.0333. The Hall–Kier alpha value is -1.44. The summed E-state index contributed by atoms with van der Waals surface area (Å²) in [5.41, 5.74) is 1.09. The van der Waals surface area contributed by atoms with Gasteiger partial charge in [0, 0.05) is 42.3 Å². The Bertz CT molecular complexity index is 677. The molecule has 3 rings (SSSR count). The SMILES string of the molecule is Cc1csc([C@@H]2CN(Cc3cc(F)c(F)cc3F)CCO2)n1. The predicted molar refractivity (Wildman–Crippen MR) is 77.1 cm³/mol. The lowest BCUT2D eigenvalue weighted by Crippen LogP contribution is -2.38. The summed E-state index contributed by atoms with van der Waals surface area (Å²) in [6, 6.07) is 1.51. The monoisotopic (exact) mass is 328 g/mol. The van der Waals surface area contributed by atoms with E-state index in [0.29, 0.717) is 25.8 Å². The van der Waals surface area contributed by atoms with Gasteiger partial charge in [-0.3, -0.25) is 4.90 Å². The standard InChI is InChI=1S/C15H15F3N2OS/c1-9-8-22-15(19-9)14-7-20(2-3-21-14)6-10-4-12(17)13(18)5-11(10)16/h4-5,8,14H,2-3,6-7H2,1H3/t14-/m0/s1. The highest BCUT2D eigenvalue weighted by Gasteiger charge is 2.25. The van der Waals surface area contributed by atoms with Gasteiger partial charge in [0.15, 0.2) is 11.6 Å². The Morgan fingerprint density at radius 2 is 2.05 bits per heavy atom. The second-order valence-electron chi connectivity index (χ2n) is 5.28. The summed E-state index contributed by atoms with van der Waals surface area (Å²) in [6.45, 7) is 3.78. The van der Waals surface area contributed by atoms with Gasteiger partial charge in [-0.05, 0) is 13.0 Å². The first-order valence-electron chi connectivity index (χ1n) is 6.92. The normalized spacial score (nSPS) is 19.5. The van der Waals surface area contributed by atoms with Gasteiger partial charge >= 0.3 is 0 Å². The van der Waals surface area contributed by atoms with E-state index in [9.17, 15) is 13.2 Å². The smallest absolute Gasteiger partial charge is 0.161 e. The van der Waals surface area contributed by atoms with Gasteiger partial charge in [-0.25, -0.2) is 18.2 Å². The van der Waals surface area contributed by atoms with Gasteiger partial charge in [0.1, 0.15) is 16.9 Å². The number of aromatic nitrogens is 1. The van der Waals surface area contributed by atoms with Crippen molar-refractivity contribution in [2.24, 2.45) is 0 Å². The highest BCUT2D eigenvalue weighted by atomic mass is 32.1. The number of hydrogen-bond acceptors (Lipinski definition) is 4. The molecule has 22 heavy (non-hydrogen) atoms. The van der Waals surface area contributed by atoms with Crippen molar-refractivity contribution in [1.82, 2.24) is 9.88 Å². The van der Waals surface area contributed by atoms with Crippen LogP contribution in [0.25, 0.3) is 0 Å². The van der Waals surface area contributed by atoms with Crippen molar-refractivity contribution >= 4 is 11.3 Å². The largest absolute Gasteiger partial charge is 0.368 e. The fourth-order valence-corrected chi connectivity index (χ4v) is 3.28.